The highest BCUT2D eigenvalue weighted by Crippen LogP contribution is 2.29. The zero-order chi connectivity index (χ0) is 22.0. The van der Waals surface area contributed by atoms with Gasteiger partial charge in [-0.3, -0.25) is 9.88 Å². The van der Waals surface area contributed by atoms with Gasteiger partial charge in [-0.05, 0) is 49.9 Å². The number of rotatable bonds is 5. The Labute approximate surface area is 180 Å². The van der Waals surface area contributed by atoms with Crippen LogP contribution in [0.3, 0.4) is 0 Å². The van der Waals surface area contributed by atoms with E-state index in [2.05, 4.69) is 49.4 Å². The van der Waals surface area contributed by atoms with E-state index in [1.807, 2.05) is 12.4 Å². The lowest BCUT2D eigenvalue weighted by Crippen LogP contribution is -2.45. The van der Waals surface area contributed by atoms with Crippen molar-refractivity contribution >= 4 is 11.4 Å². The van der Waals surface area contributed by atoms with Gasteiger partial charge in [0, 0.05) is 57.2 Å². The molecule has 0 radical (unpaired) electrons. The lowest BCUT2D eigenvalue weighted by atomic mass is 10.1. The molecular weight excluding hydrogens is 407 g/mol. The Morgan fingerprint density at radius 3 is 2.42 bits per heavy atom. The zero-order valence-corrected chi connectivity index (χ0v) is 17.8. The minimum absolute atomic E-state index is 0.200. The number of aromatic nitrogens is 1. The van der Waals surface area contributed by atoms with Crippen LogP contribution in [0, 0.1) is 0 Å². The summed E-state index contributed by atoms with van der Waals surface area (Å²) in [7, 11) is 2.14. The van der Waals surface area contributed by atoms with Crippen LogP contribution < -0.4 is 14.5 Å². The number of hydrogen-bond donors (Lipinski definition) is 0. The molecule has 2 fully saturated rings. The number of ether oxygens (including phenoxy) is 1. The molecule has 0 saturated carbocycles. The fourth-order valence-electron chi connectivity index (χ4n) is 4.20. The standard InChI is InChI=1S/C22H28F3N5O/c1-17-14-30(19-3-5-20(6-4-19)31-22(23,24)25)16-29(17)15-18-7-8-26-13-21(18)28-11-9-27(2)10-12-28/h3-8,13,17H,9-12,14-16H2,1-2H3. The van der Waals surface area contributed by atoms with Crippen molar-refractivity contribution < 1.29 is 17.9 Å². The van der Waals surface area contributed by atoms with E-state index in [-0.39, 0.29) is 5.75 Å². The number of piperazine rings is 1. The fourth-order valence-corrected chi connectivity index (χ4v) is 4.20. The normalized spacial score (nSPS) is 21.0. The summed E-state index contributed by atoms with van der Waals surface area (Å²) in [6, 6.07) is 8.50. The third-order valence-electron chi connectivity index (χ3n) is 6.00. The number of alkyl halides is 3. The van der Waals surface area contributed by atoms with Crippen molar-refractivity contribution in [2.75, 3.05) is 56.2 Å². The van der Waals surface area contributed by atoms with Gasteiger partial charge in [0.2, 0.25) is 0 Å². The van der Waals surface area contributed by atoms with E-state index >= 15 is 0 Å². The summed E-state index contributed by atoms with van der Waals surface area (Å²) in [5.74, 6) is -0.200. The molecule has 1 unspecified atom stereocenters. The molecule has 1 aromatic carbocycles. The molecule has 2 saturated heterocycles. The molecule has 3 heterocycles. The van der Waals surface area contributed by atoms with E-state index < -0.39 is 6.36 Å². The monoisotopic (exact) mass is 435 g/mol. The molecule has 9 heteroatoms. The number of nitrogens with zero attached hydrogens (tertiary/aromatic N) is 5. The molecule has 168 valence electrons. The van der Waals surface area contributed by atoms with Gasteiger partial charge >= 0.3 is 6.36 Å². The molecule has 2 aliphatic heterocycles. The van der Waals surface area contributed by atoms with Crippen LogP contribution in [0.4, 0.5) is 24.5 Å². The van der Waals surface area contributed by atoms with E-state index in [9.17, 15) is 13.2 Å². The Balaban J connectivity index is 1.42. The van der Waals surface area contributed by atoms with E-state index in [0.717, 1.165) is 45.0 Å². The molecule has 0 aliphatic carbocycles. The molecule has 0 spiro atoms. The lowest BCUT2D eigenvalue weighted by Gasteiger charge is -2.35. The quantitative estimate of drug-likeness (QED) is 0.717. The molecule has 1 aromatic heterocycles. The second-order valence-corrected chi connectivity index (χ2v) is 8.30. The summed E-state index contributed by atoms with van der Waals surface area (Å²) < 4.78 is 41.1. The number of halogens is 3. The topological polar surface area (TPSA) is 35.1 Å². The van der Waals surface area contributed by atoms with Gasteiger partial charge in [-0.2, -0.15) is 0 Å². The van der Waals surface area contributed by atoms with Crippen LogP contribution in [0.25, 0.3) is 0 Å². The largest absolute Gasteiger partial charge is 0.573 e. The zero-order valence-electron chi connectivity index (χ0n) is 17.8. The first kappa shape index (κ1) is 21.7. The van der Waals surface area contributed by atoms with Gasteiger partial charge in [0.25, 0.3) is 0 Å². The number of anilines is 2. The molecular formula is C22H28F3N5O. The summed E-state index contributed by atoms with van der Waals surface area (Å²) in [6.45, 7) is 8.56. The second kappa shape index (κ2) is 8.92. The van der Waals surface area contributed by atoms with Crippen LogP contribution in [0.2, 0.25) is 0 Å². The van der Waals surface area contributed by atoms with Gasteiger partial charge in [0.15, 0.2) is 0 Å². The van der Waals surface area contributed by atoms with Crippen LogP contribution in [0.5, 0.6) is 5.75 Å². The third-order valence-corrected chi connectivity index (χ3v) is 6.00. The van der Waals surface area contributed by atoms with Crippen LogP contribution in [-0.2, 0) is 6.54 Å². The molecule has 4 rings (SSSR count). The first-order valence-electron chi connectivity index (χ1n) is 10.5. The maximum absolute atomic E-state index is 12.4. The predicted octanol–water partition coefficient (Wildman–Crippen LogP) is 3.40. The van der Waals surface area contributed by atoms with Crippen LogP contribution in [0.15, 0.2) is 42.7 Å². The van der Waals surface area contributed by atoms with Gasteiger partial charge < -0.3 is 19.4 Å². The molecule has 2 aromatic rings. The van der Waals surface area contributed by atoms with Crippen LogP contribution in [-0.4, -0.2) is 73.6 Å². The van der Waals surface area contributed by atoms with E-state index in [1.54, 1.807) is 12.1 Å². The fraction of sp³-hybridized carbons (Fsp3) is 0.500. The van der Waals surface area contributed by atoms with Gasteiger partial charge in [-0.1, -0.05) is 0 Å². The molecule has 0 bridgehead atoms. The van der Waals surface area contributed by atoms with Crippen molar-refractivity contribution in [1.29, 1.82) is 0 Å². The average molecular weight is 435 g/mol. The number of pyridine rings is 1. The SMILES string of the molecule is CC1CN(c2ccc(OC(F)(F)F)cc2)CN1Cc1ccncc1N1CCN(C)CC1. The van der Waals surface area contributed by atoms with Crippen LogP contribution >= 0.6 is 0 Å². The maximum atomic E-state index is 12.4. The second-order valence-electron chi connectivity index (χ2n) is 8.30. The molecule has 6 nitrogen and oxygen atoms in total. The summed E-state index contributed by atoms with van der Waals surface area (Å²) in [5.41, 5.74) is 3.33. The molecule has 0 N–H and O–H groups in total. The van der Waals surface area contributed by atoms with E-state index in [0.29, 0.717) is 12.7 Å². The number of hydrogen-bond acceptors (Lipinski definition) is 6. The first-order valence-corrected chi connectivity index (χ1v) is 10.5. The third kappa shape index (κ3) is 5.40. The molecule has 1 atom stereocenters. The Bertz CT molecular complexity index is 868. The average Bonchev–Trinajstić information content (AvgIpc) is 3.09. The van der Waals surface area contributed by atoms with Crippen molar-refractivity contribution in [3.63, 3.8) is 0 Å². The van der Waals surface area contributed by atoms with E-state index in [1.165, 1.54) is 23.4 Å². The van der Waals surface area contributed by atoms with Crippen LogP contribution in [0.1, 0.15) is 12.5 Å². The predicted molar refractivity (Wildman–Crippen MR) is 114 cm³/mol. The van der Waals surface area contributed by atoms with E-state index in [4.69, 9.17) is 0 Å². The molecule has 31 heavy (non-hydrogen) atoms. The number of likely N-dealkylation sites (N-methyl/N-ethyl adjacent to an activating group) is 1. The highest BCUT2D eigenvalue weighted by atomic mass is 19.4. The molecule has 2 aliphatic rings. The van der Waals surface area contributed by atoms with Crippen molar-refractivity contribution in [1.82, 2.24) is 14.8 Å². The van der Waals surface area contributed by atoms with Gasteiger partial charge in [-0.15, -0.1) is 13.2 Å². The highest BCUT2D eigenvalue weighted by Gasteiger charge is 2.32. The minimum atomic E-state index is -4.67. The summed E-state index contributed by atoms with van der Waals surface area (Å²) in [5, 5.41) is 0. The van der Waals surface area contributed by atoms with Gasteiger partial charge in [-0.25, -0.2) is 0 Å². The summed E-state index contributed by atoms with van der Waals surface area (Å²) >= 11 is 0. The maximum Gasteiger partial charge on any atom is 0.573 e. The Morgan fingerprint density at radius 1 is 1.03 bits per heavy atom. The van der Waals surface area contributed by atoms with Crippen molar-refractivity contribution in [3.05, 3.63) is 48.3 Å². The Morgan fingerprint density at radius 2 is 1.74 bits per heavy atom. The molecule has 0 amide bonds. The Kier molecular flexibility index (Phi) is 6.24. The summed E-state index contributed by atoms with van der Waals surface area (Å²) in [6.07, 6.45) is -0.877. The van der Waals surface area contributed by atoms with Crippen molar-refractivity contribution in [3.8, 4) is 5.75 Å². The first-order chi connectivity index (χ1) is 14.8. The summed E-state index contributed by atoms with van der Waals surface area (Å²) in [4.78, 5) is 13.7. The van der Waals surface area contributed by atoms with Crippen molar-refractivity contribution in [2.45, 2.75) is 25.9 Å². The smallest absolute Gasteiger partial charge is 0.406 e. The van der Waals surface area contributed by atoms with Gasteiger partial charge in [0.1, 0.15) is 5.75 Å². The number of benzene rings is 1. The Hall–Kier alpha value is -2.52. The minimum Gasteiger partial charge on any atom is -0.406 e. The van der Waals surface area contributed by atoms with Gasteiger partial charge in [0.05, 0.1) is 18.6 Å². The lowest BCUT2D eigenvalue weighted by molar-refractivity contribution is -0.274. The van der Waals surface area contributed by atoms with Crippen molar-refractivity contribution in [2.24, 2.45) is 0 Å². The highest BCUT2D eigenvalue weighted by molar-refractivity contribution is 5.53.